The van der Waals surface area contributed by atoms with Crippen LogP contribution in [0.15, 0.2) is 11.6 Å². The van der Waals surface area contributed by atoms with Crippen molar-refractivity contribution in [1.29, 1.82) is 0 Å². The molecule has 0 fully saturated rings. The number of ether oxygens (including phenoxy) is 1. The fourth-order valence-electron chi connectivity index (χ4n) is 0.906. The predicted octanol–water partition coefficient (Wildman–Crippen LogP) is 2.69. The molecule has 0 atom stereocenters. The van der Waals surface area contributed by atoms with E-state index in [2.05, 4.69) is 24.7 Å². The average Bonchev–Trinajstić information content (AvgIpc) is 2.03. The molecule has 0 aliphatic heterocycles. The zero-order valence-electron chi connectivity index (χ0n) is 8.22. The molecule has 0 aliphatic rings. The quantitative estimate of drug-likeness (QED) is 0.360. The minimum absolute atomic E-state index is 0.104. The molecule has 0 saturated heterocycles. The molecule has 0 radical (unpaired) electrons. The van der Waals surface area contributed by atoms with Crippen LogP contribution < -0.4 is 0 Å². The molecule has 2 heteroatoms. The Morgan fingerprint density at radius 3 is 2.50 bits per heavy atom. The van der Waals surface area contributed by atoms with Gasteiger partial charge in [-0.25, -0.2) is 0 Å². The Bertz CT molecular complexity index is 155. The Hall–Kier alpha value is -0.790. The molecule has 70 valence electrons. The van der Waals surface area contributed by atoms with E-state index in [9.17, 15) is 4.79 Å². The van der Waals surface area contributed by atoms with Gasteiger partial charge in [-0.15, -0.1) is 0 Å². The minimum Gasteiger partial charge on any atom is -0.469 e. The van der Waals surface area contributed by atoms with Crippen LogP contribution in [0.2, 0.25) is 0 Å². The van der Waals surface area contributed by atoms with Crippen molar-refractivity contribution in [1.82, 2.24) is 0 Å². The van der Waals surface area contributed by atoms with E-state index in [1.54, 1.807) is 0 Å². The summed E-state index contributed by atoms with van der Waals surface area (Å²) in [7, 11) is 1.43. The molecule has 0 aliphatic carbocycles. The number of carbonyl (C=O) groups is 1. The van der Waals surface area contributed by atoms with Gasteiger partial charge in [0.25, 0.3) is 0 Å². The van der Waals surface area contributed by atoms with Gasteiger partial charge in [-0.05, 0) is 33.1 Å². The fraction of sp³-hybridized carbons (Fsp3) is 0.700. The van der Waals surface area contributed by atoms with Crippen molar-refractivity contribution in [2.45, 2.75) is 39.5 Å². The minimum atomic E-state index is -0.104. The average molecular weight is 170 g/mol. The number of carbonyl (C=O) groups excluding carboxylic acids is 1. The molecule has 2 nitrogen and oxygen atoms in total. The van der Waals surface area contributed by atoms with E-state index < -0.39 is 0 Å². The SMILES string of the molecule is COC(=O)CCCCC=C(C)C. The number of esters is 1. The maximum absolute atomic E-state index is 10.7. The van der Waals surface area contributed by atoms with Crippen LogP contribution in [0.4, 0.5) is 0 Å². The predicted molar refractivity (Wildman–Crippen MR) is 49.9 cm³/mol. The molecular weight excluding hydrogens is 152 g/mol. The lowest BCUT2D eigenvalue weighted by Gasteiger charge is -1.97. The summed E-state index contributed by atoms with van der Waals surface area (Å²) in [5, 5.41) is 0. The molecule has 0 rings (SSSR count). The standard InChI is InChI=1S/C10H18O2/c1-9(2)7-5-4-6-8-10(11)12-3/h7H,4-6,8H2,1-3H3. The first-order valence-corrected chi connectivity index (χ1v) is 4.37. The first-order valence-electron chi connectivity index (χ1n) is 4.37. The third-order valence-electron chi connectivity index (χ3n) is 1.62. The number of allylic oxidation sites excluding steroid dienone is 2. The van der Waals surface area contributed by atoms with Crippen molar-refractivity contribution in [3.63, 3.8) is 0 Å². The van der Waals surface area contributed by atoms with Crippen LogP contribution in [0.3, 0.4) is 0 Å². The lowest BCUT2D eigenvalue weighted by molar-refractivity contribution is -0.140. The van der Waals surface area contributed by atoms with Crippen molar-refractivity contribution in [3.05, 3.63) is 11.6 Å². The number of rotatable bonds is 5. The Morgan fingerprint density at radius 2 is 2.00 bits per heavy atom. The summed E-state index contributed by atoms with van der Waals surface area (Å²) in [6.45, 7) is 4.17. The largest absolute Gasteiger partial charge is 0.469 e. The molecule has 0 aromatic rings. The molecule has 0 spiro atoms. The van der Waals surface area contributed by atoms with Crippen molar-refractivity contribution in [2.75, 3.05) is 7.11 Å². The Balaban J connectivity index is 3.22. The summed E-state index contributed by atoms with van der Waals surface area (Å²) in [5.41, 5.74) is 1.34. The Morgan fingerprint density at radius 1 is 1.33 bits per heavy atom. The van der Waals surface area contributed by atoms with Crippen LogP contribution >= 0.6 is 0 Å². The Labute approximate surface area is 74.6 Å². The highest BCUT2D eigenvalue weighted by Crippen LogP contribution is 2.03. The van der Waals surface area contributed by atoms with Crippen molar-refractivity contribution in [2.24, 2.45) is 0 Å². The molecular formula is C10H18O2. The van der Waals surface area contributed by atoms with E-state index in [4.69, 9.17) is 0 Å². The van der Waals surface area contributed by atoms with Crippen LogP contribution in [0.1, 0.15) is 39.5 Å². The number of hydrogen-bond donors (Lipinski definition) is 0. The fourth-order valence-corrected chi connectivity index (χ4v) is 0.906. The second kappa shape index (κ2) is 6.89. The summed E-state index contributed by atoms with van der Waals surface area (Å²) in [4.78, 5) is 10.7. The van der Waals surface area contributed by atoms with Gasteiger partial charge in [0, 0.05) is 6.42 Å². The monoisotopic (exact) mass is 170 g/mol. The van der Waals surface area contributed by atoms with Crippen LogP contribution in [-0.2, 0) is 9.53 Å². The molecule has 0 aromatic carbocycles. The highest BCUT2D eigenvalue weighted by atomic mass is 16.5. The molecule has 0 heterocycles. The van der Waals surface area contributed by atoms with E-state index in [-0.39, 0.29) is 5.97 Å². The maximum Gasteiger partial charge on any atom is 0.305 e. The number of unbranched alkanes of at least 4 members (excludes halogenated alkanes) is 2. The van der Waals surface area contributed by atoms with Gasteiger partial charge in [-0.1, -0.05) is 11.6 Å². The molecule has 0 amide bonds. The van der Waals surface area contributed by atoms with Gasteiger partial charge in [0.15, 0.2) is 0 Å². The highest BCUT2D eigenvalue weighted by molar-refractivity contribution is 5.68. The van der Waals surface area contributed by atoms with E-state index in [0.717, 1.165) is 19.3 Å². The van der Waals surface area contributed by atoms with E-state index in [1.807, 2.05) is 0 Å². The van der Waals surface area contributed by atoms with Gasteiger partial charge in [0.05, 0.1) is 7.11 Å². The Kier molecular flexibility index (Phi) is 6.44. The second-order valence-electron chi connectivity index (χ2n) is 3.10. The molecule has 0 aromatic heterocycles. The van der Waals surface area contributed by atoms with Gasteiger partial charge in [-0.3, -0.25) is 4.79 Å². The zero-order valence-corrected chi connectivity index (χ0v) is 8.22. The summed E-state index contributed by atoms with van der Waals surface area (Å²) in [5.74, 6) is -0.104. The third-order valence-corrected chi connectivity index (χ3v) is 1.62. The molecule has 0 saturated carbocycles. The molecule has 12 heavy (non-hydrogen) atoms. The number of hydrogen-bond acceptors (Lipinski definition) is 2. The lowest BCUT2D eigenvalue weighted by Crippen LogP contribution is -1.98. The first-order chi connectivity index (χ1) is 5.66. The third kappa shape index (κ3) is 7.32. The molecule has 0 N–H and O–H groups in total. The summed E-state index contributed by atoms with van der Waals surface area (Å²) >= 11 is 0. The van der Waals surface area contributed by atoms with Crippen LogP contribution in [0.5, 0.6) is 0 Å². The first kappa shape index (κ1) is 11.2. The van der Waals surface area contributed by atoms with Crippen LogP contribution in [-0.4, -0.2) is 13.1 Å². The number of methoxy groups -OCH3 is 1. The highest BCUT2D eigenvalue weighted by Gasteiger charge is 1.97. The topological polar surface area (TPSA) is 26.3 Å². The van der Waals surface area contributed by atoms with Gasteiger partial charge in [0.2, 0.25) is 0 Å². The summed E-state index contributed by atoms with van der Waals surface area (Å²) in [6, 6.07) is 0. The van der Waals surface area contributed by atoms with Crippen molar-refractivity contribution in [3.8, 4) is 0 Å². The zero-order chi connectivity index (χ0) is 9.40. The van der Waals surface area contributed by atoms with Gasteiger partial charge in [-0.2, -0.15) is 0 Å². The van der Waals surface area contributed by atoms with Gasteiger partial charge >= 0.3 is 5.97 Å². The lowest BCUT2D eigenvalue weighted by atomic mass is 10.1. The van der Waals surface area contributed by atoms with Crippen LogP contribution in [0, 0.1) is 0 Å². The second-order valence-corrected chi connectivity index (χ2v) is 3.10. The molecule has 0 unspecified atom stereocenters. The van der Waals surface area contributed by atoms with Gasteiger partial charge < -0.3 is 4.74 Å². The van der Waals surface area contributed by atoms with Gasteiger partial charge in [0.1, 0.15) is 0 Å². The van der Waals surface area contributed by atoms with E-state index >= 15 is 0 Å². The molecule has 0 bridgehead atoms. The normalized spacial score (nSPS) is 9.25. The van der Waals surface area contributed by atoms with Crippen molar-refractivity contribution < 1.29 is 9.53 Å². The van der Waals surface area contributed by atoms with E-state index in [0.29, 0.717) is 6.42 Å². The maximum atomic E-state index is 10.7. The smallest absolute Gasteiger partial charge is 0.305 e. The summed E-state index contributed by atoms with van der Waals surface area (Å²) in [6.07, 6.45) is 5.81. The summed E-state index contributed by atoms with van der Waals surface area (Å²) < 4.78 is 4.52. The van der Waals surface area contributed by atoms with Crippen molar-refractivity contribution >= 4 is 5.97 Å². The van der Waals surface area contributed by atoms with E-state index in [1.165, 1.54) is 12.7 Å². The van der Waals surface area contributed by atoms with Crippen LogP contribution in [0.25, 0.3) is 0 Å².